The molecule has 0 unspecified atom stereocenters. The van der Waals surface area contributed by atoms with Gasteiger partial charge in [0.1, 0.15) is 11.4 Å². The zero-order valence-electron chi connectivity index (χ0n) is 13.4. The Bertz CT molecular complexity index is 1270. The lowest BCUT2D eigenvalue weighted by atomic mass is 10.1. The van der Waals surface area contributed by atoms with E-state index in [1.165, 1.54) is 18.4 Å². The highest BCUT2D eigenvalue weighted by Gasteiger charge is 2.19. The first kappa shape index (κ1) is 17.6. The van der Waals surface area contributed by atoms with Gasteiger partial charge in [-0.2, -0.15) is 0 Å². The number of benzene rings is 2. The molecule has 0 aliphatic heterocycles. The van der Waals surface area contributed by atoms with Crippen molar-refractivity contribution in [2.45, 2.75) is 4.90 Å². The van der Waals surface area contributed by atoms with Gasteiger partial charge in [0.2, 0.25) is 0 Å². The van der Waals surface area contributed by atoms with Gasteiger partial charge in [-0.25, -0.2) is 9.18 Å². The molecule has 0 fully saturated rings. The van der Waals surface area contributed by atoms with Crippen LogP contribution in [0.1, 0.15) is 10.4 Å². The lowest BCUT2D eigenvalue weighted by Crippen LogP contribution is -2.10. The maximum atomic E-state index is 13.2. The summed E-state index contributed by atoms with van der Waals surface area (Å²) in [6.07, 6.45) is 1.38. The van der Waals surface area contributed by atoms with Crippen LogP contribution in [0.25, 0.3) is 21.9 Å². The van der Waals surface area contributed by atoms with Crippen LogP contribution in [0.4, 0.5) is 10.1 Å². The molecule has 27 heavy (non-hydrogen) atoms. The fourth-order valence-electron chi connectivity index (χ4n) is 2.80. The summed E-state index contributed by atoms with van der Waals surface area (Å²) in [4.78, 5) is 27.3. The summed E-state index contributed by atoms with van der Waals surface area (Å²) in [5.41, 5.74) is 0.0681. The SMILES string of the molecule is O=C(O)c1c(NSc2ccc(F)cc2Br)ccc2c1[nH]c(=O)c1occc12. The average molecular weight is 449 g/mol. The molecule has 0 atom stereocenters. The van der Waals surface area contributed by atoms with Gasteiger partial charge in [0, 0.05) is 20.1 Å². The van der Waals surface area contributed by atoms with Crippen LogP contribution in [0.5, 0.6) is 0 Å². The Hall–Kier alpha value is -2.78. The predicted octanol–water partition coefficient (Wildman–Crippen LogP) is 4.99. The number of anilines is 1. The van der Waals surface area contributed by atoms with Crippen LogP contribution in [0, 0.1) is 5.82 Å². The third-order valence-electron chi connectivity index (χ3n) is 3.98. The topological polar surface area (TPSA) is 95.3 Å². The van der Waals surface area contributed by atoms with Gasteiger partial charge in [-0.1, -0.05) is 6.07 Å². The summed E-state index contributed by atoms with van der Waals surface area (Å²) in [5.74, 6) is -1.58. The zero-order chi connectivity index (χ0) is 19.1. The standard InChI is InChI=1S/C18H10BrFN2O4S/c19-11-7-8(20)1-4-13(11)27-22-12-3-2-9-10-5-6-26-16(10)17(23)21-15(9)14(12)18(24)25/h1-7,22H,(H,21,23)(H,24,25). The molecule has 0 saturated carbocycles. The van der Waals surface area contributed by atoms with Gasteiger partial charge >= 0.3 is 5.97 Å². The van der Waals surface area contributed by atoms with E-state index in [4.69, 9.17) is 4.42 Å². The molecule has 136 valence electrons. The van der Waals surface area contributed by atoms with Gasteiger partial charge < -0.3 is 19.2 Å². The number of H-pyrrole nitrogens is 1. The van der Waals surface area contributed by atoms with Gasteiger partial charge in [0.05, 0.1) is 17.5 Å². The number of carboxylic acid groups (broad SMARTS) is 1. The minimum Gasteiger partial charge on any atom is -0.478 e. The van der Waals surface area contributed by atoms with E-state index >= 15 is 0 Å². The summed E-state index contributed by atoms with van der Waals surface area (Å²) in [6, 6.07) is 9.13. The summed E-state index contributed by atoms with van der Waals surface area (Å²) in [7, 11) is 0. The van der Waals surface area contributed by atoms with Gasteiger partial charge in [-0.15, -0.1) is 0 Å². The largest absolute Gasteiger partial charge is 0.478 e. The van der Waals surface area contributed by atoms with Gasteiger partial charge in [0.15, 0.2) is 5.58 Å². The van der Waals surface area contributed by atoms with Crippen LogP contribution in [-0.4, -0.2) is 16.1 Å². The molecule has 0 saturated heterocycles. The minimum atomic E-state index is -1.19. The van der Waals surface area contributed by atoms with Gasteiger partial charge in [0.25, 0.3) is 5.56 Å². The number of carboxylic acids is 1. The number of aromatic carboxylic acids is 1. The molecule has 0 bridgehead atoms. The number of furan rings is 1. The monoisotopic (exact) mass is 448 g/mol. The van der Waals surface area contributed by atoms with Crippen molar-refractivity contribution >= 4 is 61.4 Å². The van der Waals surface area contributed by atoms with Crippen LogP contribution in [-0.2, 0) is 0 Å². The average Bonchev–Trinajstić information content (AvgIpc) is 3.11. The predicted molar refractivity (Wildman–Crippen MR) is 105 cm³/mol. The van der Waals surface area contributed by atoms with Crippen LogP contribution in [0.2, 0.25) is 0 Å². The molecular formula is C18H10BrFN2O4S. The van der Waals surface area contributed by atoms with Crippen molar-refractivity contribution in [3.63, 3.8) is 0 Å². The number of hydrogen-bond donors (Lipinski definition) is 3. The molecule has 2 aromatic carbocycles. The maximum absolute atomic E-state index is 13.2. The second-order valence-corrected chi connectivity index (χ2v) is 7.31. The highest BCUT2D eigenvalue weighted by molar-refractivity contribution is 9.10. The van der Waals surface area contributed by atoms with Crippen LogP contribution < -0.4 is 10.3 Å². The second kappa shape index (κ2) is 6.75. The first-order chi connectivity index (χ1) is 13.0. The summed E-state index contributed by atoms with van der Waals surface area (Å²) in [5, 5.41) is 10.8. The number of fused-ring (bicyclic) bond motifs is 3. The number of nitrogens with one attached hydrogen (secondary N) is 2. The number of hydrogen-bond acceptors (Lipinski definition) is 5. The third-order valence-corrected chi connectivity index (χ3v) is 5.80. The van der Waals surface area contributed by atoms with E-state index in [0.717, 1.165) is 11.9 Å². The molecule has 0 radical (unpaired) electrons. The lowest BCUT2D eigenvalue weighted by Gasteiger charge is -2.12. The van der Waals surface area contributed by atoms with Crippen molar-refractivity contribution in [3.05, 3.63) is 68.9 Å². The quantitative estimate of drug-likeness (QED) is 0.380. The molecule has 0 spiro atoms. The van der Waals surface area contributed by atoms with E-state index in [1.54, 1.807) is 24.3 Å². The van der Waals surface area contributed by atoms with Crippen molar-refractivity contribution in [3.8, 4) is 0 Å². The van der Waals surface area contributed by atoms with Crippen LogP contribution >= 0.6 is 27.9 Å². The molecule has 9 heteroatoms. The van der Waals surface area contributed by atoms with Crippen molar-refractivity contribution in [2.75, 3.05) is 4.72 Å². The normalized spacial score (nSPS) is 11.2. The summed E-state index contributed by atoms with van der Waals surface area (Å²) in [6.45, 7) is 0. The Labute approximate surface area is 163 Å². The number of halogens is 2. The van der Waals surface area contributed by atoms with E-state index in [0.29, 0.717) is 25.8 Å². The Kier molecular flexibility index (Phi) is 4.40. The van der Waals surface area contributed by atoms with Crippen LogP contribution in [0.15, 0.2) is 61.2 Å². The van der Waals surface area contributed by atoms with E-state index in [9.17, 15) is 19.1 Å². The molecule has 4 aromatic rings. The third kappa shape index (κ3) is 3.08. The van der Waals surface area contributed by atoms with Crippen molar-refractivity contribution in [1.82, 2.24) is 4.98 Å². The number of aromatic nitrogens is 1. The Morgan fingerprint density at radius 3 is 2.78 bits per heavy atom. The molecule has 2 heterocycles. The van der Waals surface area contributed by atoms with Gasteiger partial charge in [-0.05, 0) is 58.2 Å². The van der Waals surface area contributed by atoms with E-state index in [-0.39, 0.29) is 22.5 Å². The highest BCUT2D eigenvalue weighted by Crippen LogP contribution is 2.34. The number of rotatable bonds is 4. The number of carbonyl (C=O) groups is 1. The summed E-state index contributed by atoms with van der Waals surface area (Å²) < 4.78 is 21.9. The van der Waals surface area contributed by atoms with E-state index in [1.807, 2.05) is 0 Å². The lowest BCUT2D eigenvalue weighted by molar-refractivity contribution is 0.0700. The first-order valence-electron chi connectivity index (χ1n) is 7.63. The molecule has 0 amide bonds. The number of aromatic amines is 1. The zero-order valence-corrected chi connectivity index (χ0v) is 15.8. The molecular weight excluding hydrogens is 439 g/mol. The molecule has 4 rings (SSSR count). The van der Waals surface area contributed by atoms with Crippen molar-refractivity contribution < 1.29 is 18.7 Å². The number of pyridine rings is 1. The Balaban J connectivity index is 1.83. The second-order valence-electron chi connectivity index (χ2n) is 5.61. The minimum absolute atomic E-state index is 0.0709. The van der Waals surface area contributed by atoms with Crippen LogP contribution in [0.3, 0.4) is 0 Å². The Morgan fingerprint density at radius 1 is 1.22 bits per heavy atom. The van der Waals surface area contributed by atoms with E-state index < -0.39 is 11.5 Å². The molecule has 0 aliphatic rings. The molecule has 3 N–H and O–H groups in total. The van der Waals surface area contributed by atoms with Crippen molar-refractivity contribution in [2.24, 2.45) is 0 Å². The fourth-order valence-corrected chi connectivity index (χ4v) is 4.08. The molecule has 6 nitrogen and oxygen atoms in total. The maximum Gasteiger partial charge on any atom is 0.339 e. The fraction of sp³-hybridized carbons (Fsp3) is 0. The van der Waals surface area contributed by atoms with Crippen molar-refractivity contribution in [1.29, 1.82) is 0 Å². The first-order valence-corrected chi connectivity index (χ1v) is 9.24. The molecule has 2 aromatic heterocycles. The van der Waals surface area contributed by atoms with E-state index in [2.05, 4.69) is 25.6 Å². The highest BCUT2D eigenvalue weighted by atomic mass is 79.9. The smallest absolute Gasteiger partial charge is 0.339 e. The summed E-state index contributed by atoms with van der Waals surface area (Å²) >= 11 is 4.39. The molecule has 0 aliphatic carbocycles. The van der Waals surface area contributed by atoms with Gasteiger partial charge in [-0.3, -0.25) is 4.79 Å². The Morgan fingerprint density at radius 2 is 2.04 bits per heavy atom.